The quantitative estimate of drug-likeness (QED) is 0.124. The van der Waals surface area contributed by atoms with Gasteiger partial charge in [0.15, 0.2) is 4.34 Å². The Morgan fingerprint density at radius 1 is 0.800 bits per heavy atom. The average molecular weight is 626 g/mol. The van der Waals surface area contributed by atoms with Gasteiger partial charge in [0.2, 0.25) is 6.10 Å². The number of rotatable bonds is 8. The summed E-state index contributed by atoms with van der Waals surface area (Å²) >= 11 is 3.18. The third-order valence-corrected chi connectivity index (χ3v) is 10.1. The summed E-state index contributed by atoms with van der Waals surface area (Å²) in [7, 11) is 0. The van der Waals surface area contributed by atoms with Gasteiger partial charge in [-0.1, -0.05) is 66.7 Å². The van der Waals surface area contributed by atoms with E-state index in [2.05, 4.69) is 36.4 Å². The minimum atomic E-state index is -0.728. The topological polar surface area (TPSA) is 64.5 Å². The largest absolute Gasteiger partial charge is 0.494 e. The number of pyridine rings is 1. The van der Waals surface area contributed by atoms with Crippen molar-refractivity contribution >= 4 is 66.6 Å². The Kier molecular flexibility index (Phi) is 7.08. The van der Waals surface area contributed by atoms with Gasteiger partial charge in [0, 0.05) is 22.0 Å². The zero-order valence-electron chi connectivity index (χ0n) is 24.3. The fourth-order valence-electron chi connectivity index (χ4n) is 5.86. The second kappa shape index (κ2) is 11.5. The third kappa shape index (κ3) is 5.06. The molecule has 0 bridgehead atoms. The zero-order chi connectivity index (χ0) is 30.3. The molecule has 0 N–H and O–H groups in total. The van der Waals surface area contributed by atoms with E-state index >= 15 is 0 Å². The molecule has 1 aliphatic heterocycles. The number of hydrogen-bond acceptors (Lipinski definition) is 7. The Morgan fingerprint density at radius 2 is 1.56 bits per heavy atom. The normalized spacial score (nSPS) is 16.3. The van der Waals surface area contributed by atoms with Crippen molar-refractivity contribution in [3.8, 4) is 11.5 Å². The molecule has 1 fully saturated rings. The van der Waals surface area contributed by atoms with Crippen LogP contribution in [-0.4, -0.2) is 28.6 Å². The number of fused-ring (bicyclic) bond motifs is 4. The molecule has 0 spiro atoms. The highest BCUT2D eigenvalue weighted by Gasteiger charge is 2.52. The second-order valence-electron chi connectivity index (χ2n) is 10.7. The van der Waals surface area contributed by atoms with Crippen LogP contribution in [0.25, 0.3) is 31.9 Å². The minimum Gasteiger partial charge on any atom is -0.494 e. The number of thiazole rings is 1. The maximum atomic E-state index is 13.9. The van der Waals surface area contributed by atoms with Crippen LogP contribution < -0.4 is 14.4 Å². The number of β-lactam (4-membered cyclic amide) rings is 1. The summed E-state index contributed by atoms with van der Waals surface area (Å²) in [6, 6.07) is 39.6. The van der Waals surface area contributed by atoms with Crippen LogP contribution >= 0.6 is 23.1 Å². The Bertz CT molecular complexity index is 2150. The zero-order valence-corrected chi connectivity index (χ0v) is 25.9. The van der Waals surface area contributed by atoms with Gasteiger partial charge >= 0.3 is 0 Å². The maximum Gasteiger partial charge on any atom is 0.271 e. The van der Waals surface area contributed by atoms with Gasteiger partial charge in [0.25, 0.3) is 5.91 Å². The smallest absolute Gasteiger partial charge is 0.271 e. The van der Waals surface area contributed by atoms with Gasteiger partial charge in [-0.25, -0.2) is 9.97 Å². The Labute approximate surface area is 268 Å². The summed E-state index contributed by atoms with van der Waals surface area (Å²) < 4.78 is 14.1. The molecule has 8 heteroatoms. The lowest BCUT2D eigenvalue weighted by molar-refractivity contribution is -0.135. The van der Waals surface area contributed by atoms with E-state index < -0.39 is 12.1 Å². The third-order valence-electron chi connectivity index (χ3n) is 7.96. The first-order valence-electron chi connectivity index (χ1n) is 14.8. The standard InChI is InChI=1S/C37H27N3O3S2/c1-2-42-26-20-18-25(19-21-26)40-33(34(36(40)41)43-27-11-4-3-5-12-27)29-22-24-17-16-23-10-6-7-13-28(23)32(24)39-35(29)45-37-38-30-14-8-9-15-31(30)44-37/h3-22,33-34H,2H2,1H3. The summed E-state index contributed by atoms with van der Waals surface area (Å²) in [5, 5.41) is 4.01. The van der Waals surface area contributed by atoms with E-state index in [0.717, 1.165) is 58.3 Å². The predicted octanol–water partition coefficient (Wildman–Crippen LogP) is 9.08. The lowest BCUT2D eigenvalue weighted by Gasteiger charge is -2.47. The number of nitrogens with zero attached hydrogens (tertiary/aromatic N) is 3. The summed E-state index contributed by atoms with van der Waals surface area (Å²) in [6.07, 6.45) is -0.728. The number of amides is 1. The van der Waals surface area contributed by atoms with E-state index in [-0.39, 0.29) is 5.91 Å². The molecule has 2 unspecified atom stereocenters. The number of carbonyl (C=O) groups excluding carboxylic acids is 1. The van der Waals surface area contributed by atoms with Crippen LogP contribution in [0, 0.1) is 0 Å². The number of aromatic nitrogens is 2. The fourth-order valence-corrected chi connectivity index (χ4v) is 7.98. The van der Waals surface area contributed by atoms with Crippen molar-refractivity contribution < 1.29 is 14.3 Å². The van der Waals surface area contributed by atoms with Gasteiger partial charge in [0.05, 0.1) is 22.3 Å². The first-order chi connectivity index (χ1) is 22.2. The summed E-state index contributed by atoms with van der Waals surface area (Å²) in [4.78, 5) is 26.0. The molecule has 0 saturated carbocycles. The van der Waals surface area contributed by atoms with Crippen LogP contribution in [0.5, 0.6) is 11.5 Å². The maximum absolute atomic E-state index is 13.9. The highest BCUT2D eigenvalue weighted by molar-refractivity contribution is 8.01. The van der Waals surface area contributed by atoms with Crippen molar-refractivity contribution in [3.05, 3.63) is 127 Å². The van der Waals surface area contributed by atoms with Crippen molar-refractivity contribution in [2.45, 2.75) is 28.4 Å². The van der Waals surface area contributed by atoms with Crippen molar-refractivity contribution in [2.75, 3.05) is 11.5 Å². The molecule has 7 aromatic rings. The van der Waals surface area contributed by atoms with E-state index in [1.165, 1.54) is 11.8 Å². The van der Waals surface area contributed by atoms with Crippen molar-refractivity contribution in [1.82, 2.24) is 9.97 Å². The number of hydrogen-bond donors (Lipinski definition) is 0. The van der Waals surface area contributed by atoms with Crippen LogP contribution in [0.1, 0.15) is 18.5 Å². The summed E-state index contributed by atoms with van der Waals surface area (Å²) in [6.45, 7) is 2.52. The number of anilines is 1. The van der Waals surface area contributed by atoms with Gasteiger partial charge in [0.1, 0.15) is 22.6 Å². The van der Waals surface area contributed by atoms with Crippen LogP contribution in [0.4, 0.5) is 5.69 Å². The summed E-state index contributed by atoms with van der Waals surface area (Å²) in [5.41, 5.74) is 3.56. The van der Waals surface area contributed by atoms with Gasteiger partial charge in [-0.05, 0) is 78.7 Å². The molecule has 0 radical (unpaired) electrons. The number of carbonyl (C=O) groups is 1. The minimum absolute atomic E-state index is 0.109. The fraction of sp³-hybridized carbons (Fsp3) is 0.108. The monoisotopic (exact) mass is 625 g/mol. The molecule has 220 valence electrons. The van der Waals surface area contributed by atoms with Crippen molar-refractivity contribution in [1.29, 1.82) is 0 Å². The predicted molar refractivity (Wildman–Crippen MR) is 182 cm³/mol. The molecular weight excluding hydrogens is 599 g/mol. The molecule has 1 saturated heterocycles. The molecule has 2 aromatic heterocycles. The molecule has 5 aromatic carbocycles. The highest BCUT2D eigenvalue weighted by atomic mass is 32.2. The molecular formula is C37H27N3O3S2. The Hall–Kier alpha value is -4.92. The first kappa shape index (κ1) is 27.6. The van der Waals surface area contributed by atoms with Crippen molar-refractivity contribution in [2.24, 2.45) is 0 Å². The molecule has 2 atom stereocenters. The molecule has 0 aliphatic carbocycles. The first-order valence-corrected chi connectivity index (χ1v) is 16.4. The van der Waals surface area contributed by atoms with Crippen LogP contribution in [0.3, 0.4) is 0 Å². The van der Waals surface area contributed by atoms with E-state index in [0.29, 0.717) is 12.4 Å². The van der Waals surface area contributed by atoms with E-state index in [9.17, 15) is 4.79 Å². The molecule has 8 rings (SSSR count). The number of para-hydroxylation sites is 2. The second-order valence-corrected chi connectivity index (χ2v) is 13.0. The van der Waals surface area contributed by atoms with Gasteiger partial charge < -0.3 is 9.47 Å². The van der Waals surface area contributed by atoms with E-state index in [1.54, 1.807) is 11.3 Å². The Balaban J connectivity index is 1.30. The van der Waals surface area contributed by atoms with Crippen LogP contribution in [-0.2, 0) is 4.79 Å². The molecule has 3 heterocycles. The van der Waals surface area contributed by atoms with Gasteiger partial charge in [-0.15, -0.1) is 11.3 Å². The molecule has 1 aliphatic rings. The van der Waals surface area contributed by atoms with Crippen LogP contribution in [0.2, 0.25) is 0 Å². The number of ether oxygens (including phenoxy) is 2. The highest BCUT2D eigenvalue weighted by Crippen LogP contribution is 2.47. The van der Waals surface area contributed by atoms with Gasteiger partial charge in [-0.3, -0.25) is 9.69 Å². The van der Waals surface area contributed by atoms with Crippen LogP contribution in [0.15, 0.2) is 131 Å². The lowest BCUT2D eigenvalue weighted by atomic mass is 9.89. The van der Waals surface area contributed by atoms with Gasteiger partial charge in [-0.2, -0.15) is 0 Å². The molecule has 1 amide bonds. The lowest BCUT2D eigenvalue weighted by Crippen LogP contribution is -2.61. The SMILES string of the molecule is CCOc1ccc(N2C(=O)C(Oc3ccccc3)C2c2cc3ccc4ccccc4c3nc2Sc2nc3ccccc3s2)cc1. The molecule has 6 nitrogen and oxygen atoms in total. The van der Waals surface area contributed by atoms with Crippen molar-refractivity contribution in [3.63, 3.8) is 0 Å². The number of benzene rings is 5. The van der Waals surface area contributed by atoms with E-state index in [1.807, 2.05) is 96.8 Å². The average Bonchev–Trinajstić information content (AvgIpc) is 3.49. The van der Waals surface area contributed by atoms with E-state index in [4.69, 9.17) is 19.4 Å². The summed E-state index contributed by atoms with van der Waals surface area (Å²) in [5.74, 6) is 1.30. The Morgan fingerprint density at radius 3 is 2.38 bits per heavy atom. The molecule has 45 heavy (non-hydrogen) atoms.